The van der Waals surface area contributed by atoms with Gasteiger partial charge in [0, 0.05) is 49.3 Å². The van der Waals surface area contributed by atoms with Gasteiger partial charge in [-0.15, -0.1) is 0 Å². The normalized spacial score (nSPS) is 18.1. The zero-order chi connectivity index (χ0) is 59.3. The van der Waals surface area contributed by atoms with Gasteiger partial charge in [0.25, 0.3) is 0 Å². The number of imidazole rings is 2. The minimum absolute atomic E-state index is 0.0323. The number of nitrogens with zero attached hydrogens (tertiary/aromatic N) is 5. The first-order chi connectivity index (χ1) is 37.3. The molecule has 4 aliphatic heterocycles. The lowest BCUT2D eigenvalue weighted by atomic mass is 9.77. The van der Waals surface area contributed by atoms with Gasteiger partial charge in [-0.05, 0) is 171 Å². The van der Waals surface area contributed by atoms with Gasteiger partial charge in [0.1, 0.15) is 6.10 Å². The van der Waals surface area contributed by atoms with Crippen molar-refractivity contribution in [3.05, 3.63) is 157 Å². The van der Waals surface area contributed by atoms with Gasteiger partial charge in [0.2, 0.25) is 0 Å². The van der Waals surface area contributed by atoms with Crippen LogP contribution in [-0.4, -0.2) is 74.0 Å². The van der Waals surface area contributed by atoms with Crippen LogP contribution in [0.5, 0.6) is 0 Å². The summed E-state index contributed by atoms with van der Waals surface area (Å²) >= 11 is 3.38. The zero-order valence-corrected chi connectivity index (χ0v) is 53.0. The summed E-state index contributed by atoms with van der Waals surface area (Å²) in [5, 5.41) is 42.4. The molecule has 3 aromatic carbocycles. The Hall–Kier alpha value is -4.98. The Labute approximate surface area is 487 Å². The molecule has 80 heavy (non-hydrogen) atoms. The van der Waals surface area contributed by atoms with Gasteiger partial charge in [0.05, 0.1) is 45.9 Å². The fourth-order valence-corrected chi connectivity index (χ4v) is 12.2. The van der Waals surface area contributed by atoms with Crippen molar-refractivity contribution in [1.82, 2.24) is 18.3 Å². The molecule has 0 radical (unpaired) electrons. The monoisotopic (exact) mass is 1160 g/mol. The summed E-state index contributed by atoms with van der Waals surface area (Å²) in [5.41, 5.74) is 15.1. The van der Waals surface area contributed by atoms with Gasteiger partial charge in [-0.3, -0.25) is 18.3 Å². The molecule has 3 atom stereocenters. The Morgan fingerprint density at radius 3 is 1.62 bits per heavy atom. The molecule has 3 unspecified atom stereocenters. The predicted octanol–water partition coefficient (Wildman–Crippen LogP) is 14.0. The molecule has 5 aromatic rings. The summed E-state index contributed by atoms with van der Waals surface area (Å²) < 4.78 is 7.20. The molecule has 9 rings (SSSR count). The van der Waals surface area contributed by atoms with Crippen LogP contribution in [-0.2, 0) is 48.8 Å². The Morgan fingerprint density at radius 1 is 0.650 bits per heavy atom. The van der Waals surface area contributed by atoms with Gasteiger partial charge in [0.15, 0.2) is 0 Å². The first kappa shape index (κ1) is 64.2. The third-order valence-electron chi connectivity index (χ3n) is 17.4. The van der Waals surface area contributed by atoms with E-state index in [1.165, 1.54) is 95.0 Å². The van der Waals surface area contributed by atoms with Crippen LogP contribution in [0.2, 0.25) is 0 Å². The Balaban J connectivity index is 0.000000183. The van der Waals surface area contributed by atoms with Crippen LogP contribution in [0, 0.1) is 0 Å². The molecule has 0 fully saturated rings. The second kappa shape index (κ2) is 26.1. The van der Waals surface area contributed by atoms with Crippen molar-refractivity contribution in [3.63, 3.8) is 0 Å². The van der Waals surface area contributed by atoms with E-state index in [9.17, 15) is 30.0 Å². The summed E-state index contributed by atoms with van der Waals surface area (Å²) in [5.74, 6) is 0. The van der Waals surface area contributed by atoms with Gasteiger partial charge in [-0.2, -0.15) is 0 Å². The van der Waals surface area contributed by atoms with Crippen LogP contribution in [0.25, 0.3) is 22.1 Å². The number of anilines is 1. The second-order valence-corrected chi connectivity index (χ2v) is 27.2. The molecular formula is C68H98BrN5O6. The van der Waals surface area contributed by atoms with E-state index >= 15 is 0 Å². The Kier molecular flexibility index (Phi) is 20.9. The molecular weight excluding hydrogens is 1060 g/mol. The highest BCUT2D eigenvalue weighted by atomic mass is 79.9. The van der Waals surface area contributed by atoms with Crippen LogP contribution in [0.3, 0.4) is 0 Å². The van der Waals surface area contributed by atoms with Gasteiger partial charge < -0.3 is 25.3 Å². The maximum Gasteiger partial charge on any atom is 0.329 e. The Bertz CT molecular complexity index is 3240. The van der Waals surface area contributed by atoms with Crippen molar-refractivity contribution < 1.29 is 20.4 Å². The van der Waals surface area contributed by atoms with E-state index in [1.807, 2.05) is 27.3 Å². The molecule has 4 aliphatic rings. The van der Waals surface area contributed by atoms with E-state index in [2.05, 4.69) is 171 Å². The molecule has 12 heteroatoms. The molecule has 0 saturated heterocycles. The van der Waals surface area contributed by atoms with Crippen LogP contribution >= 0.6 is 15.9 Å². The largest absolute Gasteiger partial charge is 0.390 e. The molecule has 438 valence electrons. The summed E-state index contributed by atoms with van der Waals surface area (Å²) in [7, 11) is 0. The number of aliphatic hydroxyl groups excluding tert-OH is 2. The number of aliphatic hydroxyl groups is 4. The number of halogens is 1. The number of hydrogen-bond donors (Lipinski definition) is 4. The van der Waals surface area contributed by atoms with Crippen molar-refractivity contribution in [2.45, 2.75) is 234 Å². The minimum Gasteiger partial charge on any atom is -0.390 e. The molecule has 0 bridgehead atoms. The van der Waals surface area contributed by atoms with Crippen molar-refractivity contribution >= 4 is 43.7 Å². The van der Waals surface area contributed by atoms with E-state index in [0.29, 0.717) is 18.5 Å². The second-order valence-electron chi connectivity index (χ2n) is 26.5. The van der Waals surface area contributed by atoms with E-state index in [1.54, 1.807) is 4.57 Å². The average Bonchev–Trinajstić information content (AvgIpc) is 3.96. The maximum absolute atomic E-state index is 13.0. The molecule has 0 spiro atoms. The van der Waals surface area contributed by atoms with E-state index in [4.69, 9.17) is 0 Å². The summed E-state index contributed by atoms with van der Waals surface area (Å²) in [4.78, 5) is 28.4. The lowest BCUT2D eigenvalue weighted by Crippen LogP contribution is -2.45. The highest BCUT2D eigenvalue weighted by molar-refractivity contribution is 9.09. The fourth-order valence-electron chi connectivity index (χ4n) is 11.6. The Morgan fingerprint density at radius 2 is 1.11 bits per heavy atom. The zero-order valence-electron chi connectivity index (χ0n) is 51.4. The number of allylic oxidation sites excluding steroid dienone is 9. The highest BCUT2D eigenvalue weighted by Crippen LogP contribution is 2.47. The average molecular weight is 1160 g/mol. The summed E-state index contributed by atoms with van der Waals surface area (Å²) in [6.07, 6.45) is 15.6. The lowest BCUT2D eigenvalue weighted by molar-refractivity contribution is -0.0968. The standard InChI is InChI=1S/C22H34N2O5.C22H30N2O.C14H17N.C10H17Br/c1-20(2)11-12-23-18-14(20)7-6-8-15(18)24(19(23)27)13-17(26)22(5,29)10-9-16(25)21(3,4)28;1-16(2)8-6-9-17(3)12-14-23-19-11-7-10-18-20(19)24(21(23)25)15-13-22(18,4)5;1-10-9-11-5-4-6-12-13(11)15(10)8-7-14(12,2)3;1-9(2)5-4-6-10(3)7-8-11/h6-8,16-17,25-26,28-29H,9-13H2,1-5H3;7-8,10-12H,6,9,13-15H2,1-5H3;4-6H,1,7-9H2,2-3H3;5,7H,4,6,8H2,1-3H3/b;17-12+;;10-7+. The smallest absolute Gasteiger partial charge is 0.329 e. The molecule has 2 aromatic heterocycles. The predicted molar refractivity (Wildman–Crippen MR) is 339 cm³/mol. The van der Waals surface area contributed by atoms with E-state index in [0.717, 1.165) is 78.2 Å². The van der Waals surface area contributed by atoms with E-state index < -0.39 is 23.4 Å². The minimum atomic E-state index is -1.52. The van der Waals surface area contributed by atoms with Gasteiger partial charge >= 0.3 is 11.4 Å². The van der Waals surface area contributed by atoms with Crippen molar-refractivity contribution in [2.24, 2.45) is 0 Å². The SMILES string of the molecule is C=C1Cc2cccc3c2N1CCC3(C)C.CC(C)=CCC/C(C)=C/CBr.CC(C)=CCC/C(C)=C/Cn1c(=O)n2c3c(cccc31)C(C)(C)CC2.CC1(C)CCn2c(=O)n(CC(O)C(C)(O)CCC(O)C(C)(C)O)c3cccc1c32. The molecule has 4 N–H and O–H groups in total. The number of benzene rings is 3. The fraction of sp³-hybridized carbons (Fsp3) is 0.559. The van der Waals surface area contributed by atoms with Crippen molar-refractivity contribution in [1.29, 1.82) is 0 Å². The molecule has 0 saturated carbocycles. The molecule has 0 amide bonds. The first-order valence-electron chi connectivity index (χ1n) is 29.3. The molecule has 0 aliphatic carbocycles. The van der Waals surface area contributed by atoms with Crippen LogP contribution < -0.4 is 16.3 Å². The van der Waals surface area contributed by atoms with Gasteiger partial charge in [-0.25, -0.2) is 9.59 Å². The molecule has 11 nitrogen and oxygen atoms in total. The van der Waals surface area contributed by atoms with Crippen LogP contribution in [0.15, 0.2) is 123 Å². The highest BCUT2D eigenvalue weighted by Gasteiger charge is 2.38. The summed E-state index contributed by atoms with van der Waals surface area (Å²) in [6.45, 7) is 38.3. The first-order valence-corrected chi connectivity index (χ1v) is 30.4. The third kappa shape index (κ3) is 15.0. The number of rotatable bonds is 16. The molecule has 6 heterocycles. The van der Waals surface area contributed by atoms with Crippen molar-refractivity contribution in [3.8, 4) is 0 Å². The number of aryl methyl sites for hydroxylation is 2. The van der Waals surface area contributed by atoms with Crippen LogP contribution in [0.4, 0.5) is 5.69 Å². The lowest BCUT2D eigenvalue weighted by Gasteiger charge is -2.38. The topological polar surface area (TPSA) is 138 Å². The maximum atomic E-state index is 13.0. The quantitative estimate of drug-likeness (QED) is 0.0570. The third-order valence-corrected chi connectivity index (χ3v) is 17.7. The van der Waals surface area contributed by atoms with Crippen LogP contribution in [0.1, 0.15) is 184 Å². The summed E-state index contributed by atoms with van der Waals surface area (Å²) in [6, 6.07) is 18.9. The van der Waals surface area contributed by atoms with Crippen molar-refractivity contribution in [2.75, 3.05) is 16.8 Å². The number of hydrogen-bond acceptors (Lipinski definition) is 7. The van der Waals surface area contributed by atoms with Gasteiger partial charge in [-0.1, -0.05) is 153 Å². The number of para-hydroxylation sites is 3. The number of aromatic nitrogens is 4. The number of alkyl halides is 1. The van der Waals surface area contributed by atoms with E-state index in [-0.39, 0.29) is 41.6 Å².